The fourth-order valence-electron chi connectivity index (χ4n) is 4.55. The molecule has 1 unspecified atom stereocenters. The molecule has 1 aliphatic heterocycles. The lowest BCUT2D eigenvalue weighted by atomic mass is 9.98. The van der Waals surface area contributed by atoms with E-state index in [0.717, 1.165) is 29.2 Å². The normalized spacial score (nSPS) is 15.9. The molecule has 1 amide bonds. The van der Waals surface area contributed by atoms with Crippen LogP contribution in [0.2, 0.25) is 0 Å². The Balaban J connectivity index is 0.00000108. The molecule has 0 aromatic heterocycles. The molecule has 1 saturated heterocycles. The first-order valence-electron chi connectivity index (χ1n) is 12.7. The Hall–Kier alpha value is -3.87. The molecule has 0 radical (unpaired) electrons. The number of fused-ring (bicyclic) bond motifs is 1. The molecule has 2 atom stereocenters. The van der Waals surface area contributed by atoms with Crippen molar-refractivity contribution in [1.82, 2.24) is 14.9 Å². The van der Waals surface area contributed by atoms with Crippen molar-refractivity contribution in [3.63, 3.8) is 0 Å². The van der Waals surface area contributed by atoms with Crippen LogP contribution in [0.25, 0.3) is 10.8 Å². The highest BCUT2D eigenvalue weighted by molar-refractivity contribution is 7.89. The van der Waals surface area contributed by atoms with Crippen LogP contribution >= 0.6 is 0 Å². The number of nitrogens with one attached hydrogen (secondary N) is 3. The van der Waals surface area contributed by atoms with Gasteiger partial charge in [0.1, 0.15) is 6.04 Å². The molecule has 0 spiro atoms. The smallest absolute Gasteiger partial charge is 0.299 e. The number of amides is 1. The first kappa shape index (κ1) is 31.7. The lowest BCUT2D eigenvalue weighted by molar-refractivity contribution is -0.122. The van der Waals surface area contributed by atoms with Crippen molar-refractivity contribution in [1.29, 1.82) is 10.7 Å². The summed E-state index contributed by atoms with van der Waals surface area (Å²) in [7, 11) is -4.01. The average molecular weight is 601 g/mol. The largest absolute Gasteiger partial charge is 0.370 e. The molecule has 7 N–H and O–H groups in total. The molecule has 4 rings (SSSR count). The summed E-state index contributed by atoms with van der Waals surface area (Å²) in [5.41, 5.74) is 6.83. The molecule has 3 aromatic carbocycles. The van der Waals surface area contributed by atoms with Crippen LogP contribution in [0, 0.1) is 22.7 Å². The van der Waals surface area contributed by atoms with Gasteiger partial charge >= 0.3 is 0 Å². The van der Waals surface area contributed by atoms with Gasteiger partial charge in [-0.25, -0.2) is 8.42 Å². The molecule has 0 aliphatic carbocycles. The van der Waals surface area contributed by atoms with Crippen molar-refractivity contribution in [2.24, 2.45) is 11.7 Å². The van der Waals surface area contributed by atoms with E-state index in [-0.39, 0.29) is 23.2 Å². The minimum absolute atomic E-state index is 0.0119. The van der Waals surface area contributed by atoms with Gasteiger partial charge in [-0.2, -0.15) is 14.2 Å². The summed E-state index contributed by atoms with van der Waals surface area (Å²) in [6.45, 7) is 1.63. The molecule has 0 bridgehead atoms. The molecule has 1 heterocycles. The average Bonchev–Trinajstić information content (AvgIpc) is 2.95. The van der Waals surface area contributed by atoms with Crippen molar-refractivity contribution in [2.75, 3.05) is 19.6 Å². The number of nitriles is 1. The molecule has 218 valence electrons. The van der Waals surface area contributed by atoms with Crippen LogP contribution in [-0.2, 0) is 32.6 Å². The lowest BCUT2D eigenvalue weighted by Gasteiger charge is -2.33. The lowest BCUT2D eigenvalue weighted by Crippen LogP contribution is -2.51. The summed E-state index contributed by atoms with van der Waals surface area (Å²) in [6, 6.07) is 20.0. The second kappa shape index (κ2) is 14.7. The summed E-state index contributed by atoms with van der Waals surface area (Å²) in [4.78, 5) is 15.1. The maximum Gasteiger partial charge on any atom is 0.299 e. The third kappa shape index (κ3) is 9.62. The van der Waals surface area contributed by atoms with Crippen LogP contribution in [0.15, 0.2) is 71.6 Å². The number of nitrogens with two attached hydrogens (primary N) is 1. The first-order valence-corrected chi connectivity index (χ1v) is 15.2. The Kier molecular flexibility index (Phi) is 11.3. The highest BCUT2D eigenvalue weighted by atomic mass is 32.2. The fraction of sp³-hybridized carbons (Fsp3) is 0.296. The minimum Gasteiger partial charge on any atom is -0.370 e. The maximum absolute atomic E-state index is 13.3. The third-order valence-electron chi connectivity index (χ3n) is 6.59. The molecule has 1 fully saturated rings. The quantitative estimate of drug-likeness (QED) is 0.127. The number of hydrogen-bond acceptors (Lipinski definition) is 6. The van der Waals surface area contributed by atoms with Gasteiger partial charge in [0.15, 0.2) is 5.96 Å². The van der Waals surface area contributed by atoms with Gasteiger partial charge in [-0.05, 0) is 65.8 Å². The van der Waals surface area contributed by atoms with Gasteiger partial charge < -0.3 is 16.0 Å². The number of likely N-dealkylation sites (tertiary alicyclic amines) is 1. The summed E-state index contributed by atoms with van der Waals surface area (Å²) >= 11 is -2.61. The molecule has 0 saturated carbocycles. The van der Waals surface area contributed by atoms with E-state index >= 15 is 0 Å². The van der Waals surface area contributed by atoms with Gasteiger partial charge in [0.25, 0.3) is 11.4 Å². The summed E-state index contributed by atoms with van der Waals surface area (Å²) < 4.78 is 52.1. The number of nitrogens with zero attached hydrogens (tertiary/aromatic N) is 2. The second-order valence-corrected chi connectivity index (χ2v) is 11.7. The van der Waals surface area contributed by atoms with Crippen molar-refractivity contribution in [2.45, 2.75) is 30.2 Å². The molecule has 14 heteroatoms. The SMILES string of the molecule is N#Cc1ccc(C[C@@H](NS(=O)(=O)c2ccc3ccccc3c2)C(=O)NCC2CCCN(C(=N)N)C2)cc1.O=S(O)O. The number of sulfonamides is 1. The number of guanidine groups is 1. The molecule has 41 heavy (non-hydrogen) atoms. The second-order valence-electron chi connectivity index (χ2n) is 9.51. The van der Waals surface area contributed by atoms with E-state index < -0.39 is 33.3 Å². The topological polar surface area (TPSA) is 210 Å². The van der Waals surface area contributed by atoms with E-state index in [9.17, 15) is 13.2 Å². The van der Waals surface area contributed by atoms with Gasteiger partial charge in [0.05, 0.1) is 16.5 Å². The van der Waals surface area contributed by atoms with Crippen LogP contribution in [0.5, 0.6) is 0 Å². The van der Waals surface area contributed by atoms with Gasteiger partial charge in [0.2, 0.25) is 15.9 Å². The predicted molar refractivity (Wildman–Crippen MR) is 156 cm³/mol. The molecular weight excluding hydrogens is 568 g/mol. The molecule has 12 nitrogen and oxygen atoms in total. The Morgan fingerprint density at radius 3 is 2.44 bits per heavy atom. The van der Waals surface area contributed by atoms with Crippen molar-refractivity contribution in [3.05, 3.63) is 77.9 Å². The van der Waals surface area contributed by atoms with E-state index in [1.807, 2.05) is 24.3 Å². The highest BCUT2D eigenvalue weighted by Crippen LogP contribution is 2.20. The predicted octanol–water partition coefficient (Wildman–Crippen LogP) is 2.00. The zero-order valence-corrected chi connectivity index (χ0v) is 23.7. The van der Waals surface area contributed by atoms with Crippen LogP contribution in [0.1, 0.15) is 24.0 Å². The highest BCUT2D eigenvalue weighted by Gasteiger charge is 2.28. The number of rotatable bonds is 8. The Morgan fingerprint density at radius 1 is 1.15 bits per heavy atom. The zero-order chi connectivity index (χ0) is 30.0. The minimum atomic E-state index is -4.01. The van der Waals surface area contributed by atoms with E-state index in [4.69, 9.17) is 29.7 Å². The van der Waals surface area contributed by atoms with E-state index in [1.165, 1.54) is 6.07 Å². The number of carbonyl (C=O) groups excluding carboxylic acids is 1. The van der Waals surface area contributed by atoms with E-state index in [2.05, 4.69) is 16.1 Å². The Morgan fingerprint density at radius 2 is 1.80 bits per heavy atom. The molecule has 3 aromatic rings. The number of piperidine rings is 1. The summed E-state index contributed by atoms with van der Waals surface area (Å²) in [5, 5.41) is 21.3. The van der Waals surface area contributed by atoms with Crippen LogP contribution in [-0.4, -0.2) is 64.2 Å². The van der Waals surface area contributed by atoms with Gasteiger partial charge in [-0.1, -0.05) is 42.5 Å². The Labute approximate surface area is 241 Å². The number of benzene rings is 3. The van der Waals surface area contributed by atoms with E-state index in [1.54, 1.807) is 41.3 Å². The summed E-state index contributed by atoms with van der Waals surface area (Å²) in [6.07, 6.45) is 1.87. The zero-order valence-electron chi connectivity index (χ0n) is 22.1. The van der Waals surface area contributed by atoms with Gasteiger partial charge in [0, 0.05) is 19.6 Å². The maximum atomic E-state index is 13.3. The monoisotopic (exact) mass is 600 g/mol. The van der Waals surface area contributed by atoms with Crippen molar-refractivity contribution >= 4 is 44.0 Å². The van der Waals surface area contributed by atoms with Crippen molar-refractivity contribution < 1.29 is 26.5 Å². The van der Waals surface area contributed by atoms with Crippen molar-refractivity contribution in [3.8, 4) is 6.07 Å². The first-order chi connectivity index (χ1) is 19.5. The van der Waals surface area contributed by atoms with Gasteiger partial charge in [-0.3, -0.25) is 19.3 Å². The Bertz CT molecular complexity index is 1540. The van der Waals surface area contributed by atoms with Gasteiger partial charge in [-0.15, -0.1) is 0 Å². The van der Waals surface area contributed by atoms with E-state index in [0.29, 0.717) is 25.2 Å². The fourth-order valence-corrected chi connectivity index (χ4v) is 5.78. The third-order valence-corrected chi connectivity index (χ3v) is 8.06. The van der Waals surface area contributed by atoms with Crippen LogP contribution in [0.4, 0.5) is 0 Å². The standard InChI is InChI=1S/C27H30N6O3S.H2O3S/c28-16-20-9-7-19(8-10-20)14-25(26(34)31-17-21-4-3-13-33(18-21)27(29)30)32-37(35,36)24-12-11-22-5-1-2-6-23(22)15-24;1-4(2)3/h1-2,5-12,15,21,25,32H,3-4,13-14,17-18H2,(H3,29,30)(H,31,34);(H2,1,2,3)/t21?,25-;/m1./s1. The number of carbonyl (C=O) groups is 1. The van der Waals surface area contributed by atoms with Crippen LogP contribution < -0.4 is 15.8 Å². The number of hydrogen-bond donors (Lipinski definition) is 6. The van der Waals surface area contributed by atoms with Crippen LogP contribution in [0.3, 0.4) is 0 Å². The summed E-state index contributed by atoms with van der Waals surface area (Å²) in [5.74, 6) is -0.319. The molecular formula is C27H32N6O6S2. The molecule has 1 aliphatic rings.